The first kappa shape index (κ1) is 55.5. The zero-order valence-corrected chi connectivity index (χ0v) is 37.2. The van der Waals surface area contributed by atoms with Crippen LogP contribution in [0.5, 0.6) is 0 Å². The zero-order chi connectivity index (χ0) is 43.4. The smallest absolute Gasteiger partial charge is 0.245 e. The second kappa shape index (κ2) is 29.4. The lowest BCUT2D eigenvalue weighted by Gasteiger charge is -2.36. The van der Waals surface area contributed by atoms with E-state index in [1.165, 1.54) is 16.7 Å². The van der Waals surface area contributed by atoms with Crippen LogP contribution in [0, 0.1) is 10.8 Å². The molecule has 0 spiro atoms. The average Bonchev–Trinajstić information content (AvgIpc) is 3.59. The summed E-state index contributed by atoms with van der Waals surface area (Å²) in [6.07, 6.45) is 10.9. The van der Waals surface area contributed by atoms with E-state index < -0.39 is 6.04 Å². The Hall–Kier alpha value is -3.86. The molecule has 55 heavy (non-hydrogen) atoms. The minimum atomic E-state index is -0.540. The molecule has 316 valence electrons. The van der Waals surface area contributed by atoms with Crippen LogP contribution in [0.15, 0.2) is 47.2 Å². The number of halogens is 1. The van der Waals surface area contributed by atoms with E-state index in [1.54, 1.807) is 0 Å². The maximum Gasteiger partial charge on any atom is 0.245 e. The highest BCUT2D eigenvalue weighted by molar-refractivity contribution is 5.89. The van der Waals surface area contributed by atoms with E-state index in [1.807, 2.05) is 100 Å². The Morgan fingerprint density at radius 1 is 1.00 bits per heavy atom. The number of alkyl halides is 1. The topological polar surface area (TPSA) is 146 Å². The van der Waals surface area contributed by atoms with Crippen molar-refractivity contribution in [3.63, 3.8) is 0 Å². The van der Waals surface area contributed by atoms with Gasteiger partial charge in [0.2, 0.25) is 17.7 Å². The standard InChI is InChI=1S/C23H44N4O3.C17H24N2.C2H6.CH3F.CH2O/c1-16-10-9-13-27(16)20(30)19(21(2,3)4)25-17(28)14-22(5,6)11-12-23(7,8)26-18(29)15-24;1-5-7-12-18-13-16-8-10-17(11-9-16)14(3)15(4)19-6-2;3*1-2/h16,19H,9-15,24H2,1-8H3,(H,25,28)(H,26,29);6-12,18H,5,13H2,1-4H3;1-2H3;1H3;1H2/b;12-7?,15-14+,19-6?;;;. The van der Waals surface area contributed by atoms with E-state index in [4.69, 9.17) is 10.5 Å². The van der Waals surface area contributed by atoms with Crippen LogP contribution in [0.4, 0.5) is 4.39 Å². The molecule has 0 aliphatic carbocycles. The number of rotatable bonds is 15. The molecule has 5 N–H and O–H groups in total. The Labute approximate surface area is 334 Å². The van der Waals surface area contributed by atoms with Gasteiger partial charge in [0, 0.05) is 43.0 Å². The molecule has 1 aliphatic rings. The summed E-state index contributed by atoms with van der Waals surface area (Å²) >= 11 is 0. The van der Waals surface area contributed by atoms with E-state index in [0.29, 0.717) is 13.6 Å². The summed E-state index contributed by atoms with van der Waals surface area (Å²) in [6, 6.07) is 8.32. The molecule has 1 saturated heterocycles. The number of nitrogens with one attached hydrogen (secondary N) is 3. The quantitative estimate of drug-likeness (QED) is 0.132. The van der Waals surface area contributed by atoms with E-state index in [2.05, 4.69) is 72.1 Å². The van der Waals surface area contributed by atoms with Crippen LogP contribution >= 0.6 is 0 Å². The molecule has 3 amide bonds. The van der Waals surface area contributed by atoms with Gasteiger partial charge >= 0.3 is 0 Å². The Morgan fingerprint density at radius 2 is 1.56 bits per heavy atom. The Balaban J connectivity index is -0.000000928. The summed E-state index contributed by atoms with van der Waals surface area (Å²) in [6.45, 7) is 31.9. The van der Waals surface area contributed by atoms with Gasteiger partial charge in [0.1, 0.15) is 12.8 Å². The van der Waals surface area contributed by atoms with Crippen molar-refractivity contribution < 1.29 is 23.6 Å². The van der Waals surface area contributed by atoms with Crippen molar-refractivity contribution in [1.29, 1.82) is 0 Å². The molecule has 1 fully saturated rings. The van der Waals surface area contributed by atoms with Crippen molar-refractivity contribution in [1.82, 2.24) is 20.9 Å². The summed E-state index contributed by atoms with van der Waals surface area (Å²) in [7, 11) is 0.500. The molecule has 0 bridgehead atoms. The molecule has 2 atom stereocenters. The molecule has 1 aromatic rings. The third-order valence-electron chi connectivity index (χ3n) is 9.01. The molecule has 1 aromatic carbocycles. The number of hydrogen-bond donors (Lipinski definition) is 4. The monoisotopic (exact) mass is 775 g/mol. The van der Waals surface area contributed by atoms with Gasteiger partial charge in [-0.15, -0.1) is 0 Å². The second-order valence-corrected chi connectivity index (χ2v) is 15.9. The number of carbonyl (C=O) groups is 4. The van der Waals surface area contributed by atoms with Crippen LogP contribution in [0.3, 0.4) is 0 Å². The van der Waals surface area contributed by atoms with Gasteiger partial charge < -0.3 is 31.4 Å². The highest BCUT2D eigenvalue weighted by Crippen LogP contribution is 2.31. The maximum absolute atomic E-state index is 13.2. The summed E-state index contributed by atoms with van der Waals surface area (Å²) < 4.78 is 9.50. The van der Waals surface area contributed by atoms with Crippen LogP contribution < -0.4 is 21.7 Å². The van der Waals surface area contributed by atoms with E-state index in [-0.39, 0.29) is 46.7 Å². The number of allylic oxidation sites excluding steroid dienone is 3. The van der Waals surface area contributed by atoms with Crippen molar-refractivity contribution in [2.45, 2.75) is 160 Å². The van der Waals surface area contributed by atoms with Crippen LogP contribution in [0.2, 0.25) is 0 Å². The highest BCUT2D eigenvalue weighted by Gasteiger charge is 2.39. The fourth-order valence-electron chi connectivity index (χ4n) is 5.70. The molecular weight excluding hydrogens is 696 g/mol. The molecule has 0 saturated carbocycles. The van der Waals surface area contributed by atoms with Crippen LogP contribution in [0.1, 0.15) is 147 Å². The van der Waals surface area contributed by atoms with Crippen molar-refractivity contribution >= 4 is 36.3 Å². The minimum Gasteiger partial charge on any atom is -0.387 e. The molecule has 10 nitrogen and oxygen atoms in total. The number of benzene rings is 1. The highest BCUT2D eigenvalue weighted by atomic mass is 19.1. The number of hydrogen-bond acceptors (Lipinski definition) is 7. The molecule has 1 aliphatic heterocycles. The van der Waals surface area contributed by atoms with Gasteiger partial charge in [-0.3, -0.25) is 23.8 Å². The largest absolute Gasteiger partial charge is 0.387 e. The Morgan fingerprint density at radius 3 is 2.02 bits per heavy atom. The molecule has 0 radical (unpaired) electrons. The first-order chi connectivity index (χ1) is 25.8. The lowest BCUT2D eigenvalue weighted by atomic mass is 9.79. The van der Waals surface area contributed by atoms with Crippen LogP contribution in [-0.4, -0.2) is 73.5 Å². The van der Waals surface area contributed by atoms with Crippen LogP contribution in [0.25, 0.3) is 5.57 Å². The molecule has 2 rings (SSSR count). The van der Waals surface area contributed by atoms with Gasteiger partial charge in [-0.25, -0.2) is 0 Å². The lowest BCUT2D eigenvalue weighted by molar-refractivity contribution is -0.140. The fourth-order valence-corrected chi connectivity index (χ4v) is 5.70. The number of amides is 3. The minimum absolute atomic E-state index is 0.0179. The predicted molar refractivity (Wildman–Crippen MR) is 231 cm³/mol. The summed E-state index contributed by atoms with van der Waals surface area (Å²) in [4.78, 5) is 51.9. The van der Waals surface area contributed by atoms with Crippen molar-refractivity contribution in [2.24, 2.45) is 21.6 Å². The summed E-state index contributed by atoms with van der Waals surface area (Å²) in [5.41, 5.74) is 9.18. The molecule has 11 heteroatoms. The predicted octanol–water partition coefficient (Wildman–Crippen LogP) is 8.55. The van der Waals surface area contributed by atoms with E-state index >= 15 is 0 Å². The van der Waals surface area contributed by atoms with Gasteiger partial charge in [-0.1, -0.05) is 85.7 Å². The normalized spacial score (nSPS) is 15.1. The van der Waals surface area contributed by atoms with Crippen molar-refractivity contribution in [3.05, 3.63) is 53.4 Å². The zero-order valence-electron chi connectivity index (χ0n) is 37.2. The number of likely N-dealkylation sites (tertiary alicyclic amines) is 1. The molecule has 1 heterocycles. The fraction of sp³-hybridized carbons (Fsp3) is 0.659. The first-order valence-corrected chi connectivity index (χ1v) is 19.7. The first-order valence-electron chi connectivity index (χ1n) is 19.7. The number of aliphatic imine (C=N–C) groups is 1. The third kappa shape index (κ3) is 23.6. The lowest BCUT2D eigenvalue weighted by Crippen LogP contribution is -2.55. The molecule has 0 aromatic heterocycles. The van der Waals surface area contributed by atoms with Gasteiger partial charge in [0.25, 0.3) is 0 Å². The van der Waals surface area contributed by atoms with Crippen molar-refractivity contribution in [2.75, 3.05) is 20.3 Å². The van der Waals surface area contributed by atoms with Gasteiger partial charge in [-0.2, -0.15) is 0 Å². The SMILES string of the molecule is C=O.CC.CC1CCCN1C(=O)C(NC(=O)CC(C)(C)CCC(C)(C)NC(=O)CN)C(C)(C)C.CC=N/C(C)=C(\C)c1ccc(CNC=CCC)cc1.CF. The van der Waals surface area contributed by atoms with Crippen LogP contribution in [-0.2, 0) is 25.7 Å². The third-order valence-corrected chi connectivity index (χ3v) is 9.01. The average molecular weight is 775 g/mol. The summed E-state index contributed by atoms with van der Waals surface area (Å²) in [5, 5.41) is 9.23. The van der Waals surface area contributed by atoms with Gasteiger partial charge in [-0.05, 0) is 107 Å². The van der Waals surface area contributed by atoms with Gasteiger partial charge in [0.05, 0.1) is 13.7 Å². The van der Waals surface area contributed by atoms with Gasteiger partial charge in [0.15, 0.2) is 0 Å². The molecular formula is C44H79FN6O4. The second-order valence-electron chi connectivity index (χ2n) is 15.9. The van der Waals surface area contributed by atoms with E-state index in [0.717, 1.165) is 50.9 Å². The Bertz CT molecular complexity index is 1320. The Kier molecular flexibility index (Phi) is 29.7. The molecule has 2 unspecified atom stereocenters. The number of nitrogens with two attached hydrogens (primary N) is 1. The van der Waals surface area contributed by atoms with E-state index in [9.17, 15) is 18.8 Å². The van der Waals surface area contributed by atoms with Crippen molar-refractivity contribution in [3.8, 4) is 0 Å². The maximum atomic E-state index is 13.2. The summed E-state index contributed by atoms with van der Waals surface area (Å²) in [5.74, 6) is -0.272. The number of nitrogens with zero attached hydrogens (tertiary/aromatic N) is 2. The number of carbonyl (C=O) groups excluding carboxylic acids is 4.